The first-order valence-electron chi connectivity index (χ1n) is 6.12. The highest BCUT2D eigenvalue weighted by atomic mass is 32.1. The molecule has 7 heteroatoms. The van der Waals surface area contributed by atoms with Crippen LogP contribution in [0.25, 0.3) is 10.2 Å². The molecule has 0 aliphatic rings. The van der Waals surface area contributed by atoms with Gasteiger partial charge < -0.3 is 5.73 Å². The van der Waals surface area contributed by atoms with E-state index in [1.54, 1.807) is 0 Å². The van der Waals surface area contributed by atoms with Crippen LogP contribution in [-0.4, -0.2) is 15.9 Å². The van der Waals surface area contributed by atoms with Gasteiger partial charge >= 0.3 is 0 Å². The molecule has 0 aliphatic heterocycles. The molecule has 5 nitrogen and oxygen atoms in total. The minimum Gasteiger partial charge on any atom is -0.383 e. The van der Waals surface area contributed by atoms with Gasteiger partial charge in [0.05, 0.1) is 22.0 Å². The van der Waals surface area contributed by atoms with E-state index in [4.69, 9.17) is 5.73 Å². The third-order valence-corrected chi connectivity index (χ3v) is 3.83. The Morgan fingerprint density at radius 2 is 2.19 bits per heavy atom. The van der Waals surface area contributed by atoms with Gasteiger partial charge in [-0.05, 0) is 30.7 Å². The Kier molecular flexibility index (Phi) is 3.26. The number of rotatable bonds is 2. The van der Waals surface area contributed by atoms with Crippen molar-refractivity contribution in [2.24, 2.45) is 0 Å². The van der Waals surface area contributed by atoms with Crippen molar-refractivity contribution in [1.82, 2.24) is 9.97 Å². The van der Waals surface area contributed by atoms with Gasteiger partial charge in [-0.15, -0.1) is 0 Å². The number of aromatic nitrogens is 2. The van der Waals surface area contributed by atoms with Crippen molar-refractivity contribution in [2.75, 3.05) is 11.1 Å². The topological polar surface area (TPSA) is 80.9 Å². The third-order valence-electron chi connectivity index (χ3n) is 2.89. The molecule has 106 valence electrons. The summed E-state index contributed by atoms with van der Waals surface area (Å²) in [6, 6.07) is 6.87. The molecule has 0 unspecified atom stereocenters. The molecule has 0 atom stereocenters. The Morgan fingerprint density at radius 1 is 1.38 bits per heavy atom. The largest absolute Gasteiger partial charge is 0.383 e. The second kappa shape index (κ2) is 5.10. The molecular weight excluding hydrogens is 291 g/mol. The van der Waals surface area contributed by atoms with Crippen molar-refractivity contribution in [2.45, 2.75) is 6.92 Å². The normalized spacial score (nSPS) is 10.8. The van der Waals surface area contributed by atoms with Crippen LogP contribution in [0.2, 0.25) is 0 Å². The Hall–Kier alpha value is -2.54. The Balaban J connectivity index is 1.90. The summed E-state index contributed by atoms with van der Waals surface area (Å²) in [6.07, 6.45) is 0.965. The van der Waals surface area contributed by atoms with E-state index < -0.39 is 11.7 Å². The number of carbonyl (C=O) groups is 1. The molecule has 0 spiro atoms. The van der Waals surface area contributed by atoms with Gasteiger partial charge in [-0.25, -0.2) is 14.4 Å². The molecule has 0 bridgehead atoms. The molecule has 3 N–H and O–H groups in total. The van der Waals surface area contributed by atoms with Crippen molar-refractivity contribution in [3.05, 3.63) is 47.4 Å². The molecule has 0 radical (unpaired) electrons. The summed E-state index contributed by atoms with van der Waals surface area (Å²) in [5, 5.41) is 3.05. The maximum Gasteiger partial charge on any atom is 0.261 e. The van der Waals surface area contributed by atoms with E-state index in [2.05, 4.69) is 15.3 Å². The quantitative estimate of drug-likeness (QED) is 0.762. The number of pyridine rings is 1. The lowest BCUT2D eigenvalue weighted by Gasteiger charge is -2.04. The van der Waals surface area contributed by atoms with Crippen LogP contribution < -0.4 is 11.1 Å². The number of carbonyl (C=O) groups excluding carboxylic acids is 1. The standard InChI is InChI=1S/C14H11FN4OS/c1-7-2-3-10-11(4-7)21-14(18-10)19-13(20)9-5-8(15)6-17-12(9)16/h2-6H,1H3,(H2,16,17)(H,18,19,20). The smallest absolute Gasteiger partial charge is 0.261 e. The van der Waals surface area contributed by atoms with Crippen LogP contribution >= 0.6 is 11.3 Å². The number of thiazole rings is 1. The van der Waals surface area contributed by atoms with Crippen molar-refractivity contribution >= 4 is 38.4 Å². The second-order valence-electron chi connectivity index (χ2n) is 4.53. The first-order chi connectivity index (χ1) is 10.0. The molecule has 3 aromatic rings. The van der Waals surface area contributed by atoms with Gasteiger partial charge in [0.2, 0.25) is 0 Å². The molecule has 1 aromatic carbocycles. The monoisotopic (exact) mass is 302 g/mol. The van der Waals surface area contributed by atoms with Crippen molar-refractivity contribution in [1.29, 1.82) is 0 Å². The first kappa shape index (κ1) is 13.4. The van der Waals surface area contributed by atoms with Crippen LogP contribution in [-0.2, 0) is 0 Å². The Bertz CT molecular complexity index is 846. The van der Waals surface area contributed by atoms with Gasteiger partial charge in [-0.3, -0.25) is 10.1 Å². The van der Waals surface area contributed by atoms with Crippen LogP contribution in [0, 0.1) is 12.7 Å². The third kappa shape index (κ3) is 2.68. The number of nitrogen functional groups attached to an aromatic ring is 1. The summed E-state index contributed by atoms with van der Waals surface area (Å²) in [6.45, 7) is 1.98. The Labute approximate surface area is 123 Å². The maximum absolute atomic E-state index is 13.1. The van der Waals surface area contributed by atoms with Crippen molar-refractivity contribution in [3.63, 3.8) is 0 Å². The van der Waals surface area contributed by atoms with E-state index in [1.165, 1.54) is 11.3 Å². The number of nitrogens with one attached hydrogen (secondary N) is 1. The number of amides is 1. The van der Waals surface area contributed by atoms with E-state index in [1.807, 2.05) is 25.1 Å². The maximum atomic E-state index is 13.1. The van der Waals surface area contributed by atoms with E-state index >= 15 is 0 Å². The average molecular weight is 302 g/mol. The second-order valence-corrected chi connectivity index (χ2v) is 5.56. The summed E-state index contributed by atoms with van der Waals surface area (Å²) in [7, 11) is 0. The van der Waals surface area contributed by atoms with Crippen molar-refractivity contribution in [3.8, 4) is 0 Å². The van der Waals surface area contributed by atoms with Crippen molar-refractivity contribution < 1.29 is 9.18 Å². The van der Waals surface area contributed by atoms with Gasteiger partial charge in [0.25, 0.3) is 5.91 Å². The molecule has 1 amide bonds. The fourth-order valence-corrected chi connectivity index (χ4v) is 2.84. The molecule has 0 fully saturated rings. The predicted molar refractivity (Wildman–Crippen MR) is 80.9 cm³/mol. The SMILES string of the molecule is Cc1ccc2nc(NC(=O)c3cc(F)cnc3N)sc2c1. The highest BCUT2D eigenvalue weighted by Crippen LogP contribution is 2.27. The summed E-state index contributed by atoms with van der Waals surface area (Å²) < 4.78 is 14.1. The van der Waals surface area contributed by atoms with Gasteiger partial charge in [0.15, 0.2) is 5.13 Å². The Morgan fingerprint density at radius 3 is 3.00 bits per heavy atom. The van der Waals surface area contributed by atoms with E-state index in [0.29, 0.717) is 5.13 Å². The molecule has 0 saturated carbocycles. The van der Waals surface area contributed by atoms with Crippen LogP contribution in [0.1, 0.15) is 15.9 Å². The lowest BCUT2D eigenvalue weighted by Crippen LogP contribution is -2.15. The molecular formula is C14H11FN4OS. The minimum atomic E-state index is -0.616. The molecule has 21 heavy (non-hydrogen) atoms. The lowest BCUT2D eigenvalue weighted by atomic mass is 10.2. The highest BCUT2D eigenvalue weighted by molar-refractivity contribution is 7.22. The molecule has 2 heterocycles. The highest BCUT2D eigenvalue weighted by Gasteiger charge is 2.14. The van der Waals surface area contributed by atoms with E-state index in [9.17, 15) is 9.18 Å². The van der Waals surface area contributed by atoms with E-state index in [0.717, 1.165) is 28.0 Å². The number of nitrogens with zero attached hydrogens (tertiary/aromatic N) is 2. The van der Waals surface area contributed by atoms with Gasteiger partial charge in [-0.1, -0.05) is 17.4 Å². The minimum absolute atomic E-state index is 0.00885. The van der Waals surface area contributed by atoms with Gasteiger partial charge in [0.1, 0.15) is 11.6 Å². The van der Waals surface area contributed by atoms with Crippen LogP contribution in [0.3, 0.4) is 0 Å². The molecule has 2 aromatic heterocycles. The lowest BCUT2D eigenvalue weighted by molar-refractivity contribution is 0.102. The first-order valence-corrected chi connectivity index (χ1v) is 6.94. The zero-order chi connectivity index (χ0) is 15.0. The zero-order valence-electron chi connectivity index (χ0n) is 11.1. The van der Waals surface area contributed by atoms with Crippen LogP contribution in [0.4, 0.5) is 15.3 Å². The number of fused-ring (bicyclic) bond motifs is 1. The summed E-state index contributed by atoms with van der Waals surface area (Å²) in [5.41, 5.74) is 7.49. The summed E-state index contributed by atoms with van der Waals surface area (Å²) in [4.78, 5) is 20.0. The number of hydrogen-bond donors (Lipinski definition) is 2. The van der Waals surface area contributed by atoms with Crippen LogP contribution in [0.5, 0.6) is 0 Å². The summed E-state index contributed by atoms with van der Waals surface area (Å²) >= 11 is 1.35. The number of hydrogen-bond acceptors (Lipinski definition) is 5. The van der Waals surface area contributed by atoms with Gasteiger partial charge in [-0.2, -0.15) is 0 Å². The average Bonchev–Trinajstić information content (AvgIpc) is 2.82. The zero-order valence-corrected chi connectivity index (χ0v) is 11.9. The number of aryl methyl sites for hydroxylation is 1. The fourth-order valence-electron chi connectivity index (χ4n) is 1.88. The predicted octanol–water partition coefficient (Wildman–Crippen LogP) is 2.97. The molecule has 3 rings (SSSR count). The summed E-state index contributed by atoms with van der Waals surface area (Å²) in [5.74, 6) is -1.17. The number of benzene rings is 1. The number of halogens is 1. The van der Waals surface area contributed by atoms with Gasteiger partial charge in [0, 0.05) is 0 Å². The number of anilines is 2. The van der Waals surface area contributed by atoms with Crippen LogP contribution in [0.15, 0.2) is 30.5 Å². The molecule has 0 saturated heterocycles. The number of nitrogens with two attached hydrogens (primary N) is 1. The molecule has 0 aliphatic carbocycles. The fraction of sp³-hybridized carbons (Fsp3) is 0.0714. The van der Waals surface area contributed by atoms with E-state index in [-0.39, 0.29) is 11.4 Å².